The van der Waals surface area contributed by atoms with E-state index in [0.29, 0.717) is 5.69 Å². The number of nitrogens with one attached hydrogen (secondary N) is 3. The van der Waals surface area contributed by atoms with Crippen LogP contribution in [0.15, 0.2) is 47.1 Å². The van der Waals surface area contributed by atoms with Crippen LogP contribution < -0.4 is 16.0 Å². The van der Waals surface area contributed by atoms with E-state index in [9.17, 15) is 19.2 Å². The Kier molecular flexibility index (Phi) is 6.91. The average molecular weight is 387 g/mol. The first-order valence-corrected chi connectivity index (χ1v) is 8.53. The van der Waals surface area contributed by atoms with Crippen molar-refractivity contribution in [2.24, 2.45) is 5.92 Å². The Morgan fingerprint density at radius 2 is 1.71 bits per heavy atom. The summed E-state index contributed by atoms with van der Waals surface area (Å²) in [6, 6.07) is 8.22. The molecule has 0 fully saturated rings. The van der Waals surface area contributed by atoms with E-state index in [1.54, 1.807) is 19.9 Å². The van der Waals surface area contributed by atoms with Crippen molar-refractivity contribution in [3.63, 3.8) is 0 Å². The summed E-state index contributed by atoms with van der Waals surface area (Å²) in [5.41, 5.74) is 0.684. The van der Waals surface area contributed by atoms with E-state index in [2.05, 4.69) is 16.0 Å². The van der Waals surface area contributed by atoms with Crippen molar-refractivity contribution in [2.45, 2.75) is 19.9 Å². The van der Waals surface area contributed by atoms with E-state index < -0.39 is 36.3 Å². The molecule has 1 unspecified atom stereocenters. The number of amides is 3. The van der Waals surface area contributed by atoms with Crippen LogP contribution in [0.5, 0.6) is 0 Å². The Labute approximate surface area is 161 Å². The number of aliphatic carboxylic acids is 1. The molecule has 0 aliphatic carbocycles. The number of rotatable bonds is 8. The van der Waals surface area contributed by atoms with Crippen molar-refractivity contribution in [1.29, 1.82) is 0 Å². The molecule has 0 spiro atoms. The maximum Gasteiger partial charge on any atom is 0.322 e. The smallest absolute Gasteiger partial charge is 0.322 e. The largest absolute Gasteiger partial charge is 0.480 e. The number of anilines is 1. The predicted octanol–water partition coefficient (Wildman–Crippen LogP) is 1.49. The van der Waals surface area contributed by atoms with Crippen LogP contribution >= 0.6 is 0 Å². The van der Waals surface area contributed by atoms with Gasteiger partial charge >= 0.3 is 5.97 Å². The van der Waals surface area contributed by atoms with Crippen LogP contribution in [0.1, 0.15) is 34.8 Å². The van der Waals surface area contributed by atoms with E-state index in [1.165, 1.54) is 36.6 Å². The Bertz CT molecular complexity index is 843. The van der Waals surface area contributed by atoms with Crippen LogP contribution in [0.3, 0.4) is 0 Å². The molecule has 0 bridgehead atoms. The molecule has 2 aromatic rings. The maximum atomic E-state index is 12.6. The summed E-state index contributed by atoms with van der Waals surface area (Å²) in [7, 11) is 0. The van der Waals surface area contributed by atoms with Gasteiger partial charge in [0.15, 0.2) is 5.76 Å². The van der Waals surface area contributed by atoms with Crippen molar-refractivity contribution in [3.8, 4) is 0 Å². The molecular formula is C19H21N3O6. The zero-order valence-electron chi connectivity index (χ0n) is 15.4. The second-order valence-electron chi connectivity index (χ2n) is 6.32. The molecule has 2 rings (SSSR count). The number of hydrogen-bond acceptors (Lipinski definition) is 5. The lowest BCUT2D eigenvalue weighted by Gasteiger charge is -2.21. The van der Waals surface area contributed by atoms with Gasteiger partial charge in [-0.15, -0.1) is 0 Å². The lowest BCUT2D eigenvalue weighted by Crippen LogP contribution is -2.47. The molecule has 1 aromatic heterocycles. The fraction of sp³-hybridized carbons (Fsp3) is 0.263. The number of carboxylic acids is 1. The van der Waals surface area contributed by atoms with E-state index in [1.807, 2.05) is 0 Å². The molecular weight excluding hydrogens is 366 g/mol. The summed E-state index contributed by atoms with van der Waals surface area (Å²) in [6.45, 7) is 3.11. The molecule has 4 N–H and O–H groups in total. The van der Waals surface area contributed by atoms with Crippen molar-refractivity contribution < 1.29 is 28.7 Å². The standard InChI is InChI=1S/C19H21N3O6/c1-11(2)16(22-18(26)14-4-3-9-28-14)19(27)21-13-7-5-12(6-8-13)17(25)20-10-15(23)24/h3-9,11,16H,10H2,1-2H3,(H,20,25)(H,21,27)(H,22,26)(H,23,24). The molecule has 0 radical (unpaired) electrons. The van der Waals surface area contributed by atoms with Gasteiger partial charge in [0, 0.05) is 11.3 Å². The SMILES string of the molecule is CC(C)C(NC(=O)c1ccco1)C(=O)Nc1ccc(C(=O)NCC(=O)O)cc1. The number of benzene rings is 1. The lowest BCUT2D eigenvalue weighted by atomic mass is 10.0. The molecule has 0 saturated heterocycles. The van der Waals surface area contributed by atoms with Gasteiger partial charge in [-0.05, 0) is 42.3 Å². The molecule has 1 aromatic carbocycles. The Balaban J connectivity index is 2.00. The molecule has 148 valence electrons. The second kappa shape index (κ2) is 9.36. The predicted molar refractivity (Wildman–Crippen MR) is 99.8 cm³/mol. The molecule has 1 heterocycles. The highest BCUT2D eigenvalue weighted by Gasteiger charge is 2.25. The summed E-state index contributed by atoms with van der Waals surface area (Å²) < 4.78 is 5.03. The first-order chi connectivity index (χ1) is 13.3. The quantitative estimate of drug-likeness (QED) is 0.541. The number of carbonyl (C=O) groups excluding carboxylic acids is 3. The van der Waals surface area contributed by atoms with Gasteiger partial charge in [-0.2, -0.15) is 0 Å². The second-order valence-corrected chi connectivity index (χ2v) is 6.32. The molecule has 0 aliphatic rings. The minimum Gasteiger partial charge on any atom is -0.480 e. The van der Waals surface area contributed by atoms with Gasteiger partial charge in [0.25, 0.3) is 11.8 Å². The van der Waals surface area contributed by atoms with E-state index in [0.717, 1.165) is 0 Å². The third kappa shape index (κ3) is 5.70. The summed E-state index contributed by atoms with van der Waals surface area (Å²) in [6.07, 6.45) is 1.37. The number of hydrogen-bond donors (Lipinski definition) is 4. The topological polar surface area (TPSA) is 138 Å². The molecule has 0 saturated carbocycles. The molecule has 9 heteroatoms. The monoisotopic (exact) mass is 387 g/mol. The van der Waals surface area contributed by atoms with E-state index in [4.69, 9.17) is 9.52 Å². The highest BCUT2D eigenvalue weighted by Crippen LogP contribution is 2.13. The third-order valence-corrected chi connectivity index (χ3v) is 3.80. The van der Waals surface area contributed by atoms with Gasteiger partial charge in [-0.1, -0.05) is 13.8 Å². The van der Waals surface area contributed by atoms with Crippen molar-refractivity contribution in [3.05, 3.63) is 54.0 Å². The summed E-state index contributed by atoms with van der Waals surface area (Å²) in [5.74, 6) is -2.67. The Hall–Kier alpha value is -3.62. The van der Waals surface area contributed by atoms with Crippen LogP contribution in [0.25, 0.3) is 0 Å². The Morgan fingerprint density at radius 1 is 1.04 bits per heavy atom. The summed E-state index contributed by atoms with van der Waals surface area (Å²) >= 11 is 0. The minimum atomic E-state index is -1.14. The fourth-order valence-corrected chi connectivity index (χ4v) is 2.34. The zero-order valence-corrected chi connectivity index (χ0v) is 15.4. The molecule has 9 nitrogen and oxygen atoms in total. The fourth-order valence-electron chi connectivity index (χ4n) is 2.34. The van der Waals surface area contributed by atoms with Crippen LogP contribution in [-0.2, 0) is 9.59 Å². The van der Waals surface area contributed by atoms with Crippen molar-refractivity contribution >= 4 is 29.4 Å². The average Bonchev–Trinajstić information content (AvgIpc) is 3.19. The molecule has 0 aliphatic heterocycles. The zero-order chi connectivity index (χ0) is 20.7. The lowest BCUT2D eigenvalue weighted by molar-refractivity contribution is -0.135. The minimum absolute atomic E-state index is 0.107. The highest BCUT2D eigenvalue weighted by atomic mass is 16.4. The molecule has 1 atom stereocenters. The van der Waals surface area contributed by atoms with Crippen molar-refractivity contribution in [1.82, 2.24) is 10.6 Å². The van der Waals surface area contributed by atoms with Gasteiger partial charge in [0.05, 0.1) is 6.26 Å². The number of carbonyl (C=O) groups is 4. The van der Waals surface area contributed by atoms with Crippen LogP contribution in [0.2, 0.25) is 0 Å². The summed E-state index contributed by atoms with van der Waals surface area (Å²) in [5, 5.41) is 16.1. The van der Waals surface area contributed by atoms with Crippen molar-refractivity contribution in [2.75, 3.05) is 11.9 Å². The van der Waals surface area contributed by atoms with Gasteiger partial charge in [0.2, 0.25) is 5.91 Å². The summed E-state index contributed by atoms with van der Waals surface area (Å²) in [4.78, 5) is 47.0. The van der Waals surface area contributed by atoms with Crippen LogP contribution in [0.4, 0.5) is 5.69 Å². The van der Waals surface area contributed by atoms with Gasteiger partial charge in [-0.3, -0.25) is 19.2 Å². The van der Waals surface area contributed by atoms with Gasteiger partial charge in [0.1, 0.15) is 12.6 Å². The van der Waals surface area contributed by atoms with E-state index >= 15 is 0 Å². The van der Waals surface area contributed by atoms with Crippen LogP contribution in [-0.4, -0.2) is 41.4 Å². The van der Waals surface area contributed by atoms with Gasteiger partial charge in [-0.25, -0.2) is 0 Å². The van der Waals surface area contributed by atoms with Crippen LogP contribution in [0, 0.1) is 5.92 Å². The van der Waals surface area contributed by atoms with E-state index in [-0.39, 0.29) is 17.2 Å². The molecule has 28 heavy (non-hydrogen) atoms. The third-order valence-electron chi connectivity index (χ3n) is 3.80. The highest BCUT2D eigenvalue weighted by molar-refractivity contribution is 6.01. The number of furan rings is 1. The normalized spacial score (nSPS) is 11.5. The number of carboxylic acid groups (broad SMARTS) is 1. The Morgan fingerprint density at radius 3 is 2.25 bits per heavy atom. The molecule has 3 amide bonds. The maximum absolute atomic E-state index is 12.6. The first-order valence-electron chi connectivity index (χ1n) is 8.53. The first kappa shape index (κ1) is 20.7. The van der Waals surface area contributed by atoms with Gasteiger partial charge < -0.3 is 25.5 Å².